The lowest BCUT2D eigenvalue weighted by Crippen LogP contribution is -2.43. The van der Waals surface area contributed by atoms with Gasteiger partial charge in [0.15, 0.2) is 5.82 Å². The van der Waals surface area contributed by atoms with E-state index in [1.807, 2.05) is 26.8 Å². The van der Waals surface area contributed by atoms with Gasteiger partial charge in [-0.3, -0.25) is 9.59 Å². The van der Waals surface area contributed by atoms with Crippen molar-refractivity contribution < 1.29 is 14.3 Å². The van der Waals surface area contributed by atoms with E-state index in [9.17, 15) is 14.4 Å². The van der Waals surface area contributed by atoms with Crippen LogP contribution < -0.4 is 15.9 Å². The lowest BCUT2D eigenvalue weighted by atomic mass is 10.2. The minimum atomic E-state index is -0.564. The van der Waals surface area contributed by atoms with Crippen LogP contribution in [0.4, 0.5) is 10.6 Å². The SMILES string of the molecule is CC(C)(C)OC(=O)N(CCCNc1nccn(CC(=O)N(Cc2cccc(Cl)c2)n2cncn2)c1=O)CC1CC1. The number of rotatable bonds is 12. The van der Waals surface area contributed by atoms with Gasteiger partial charge >= 0.3 is 6.09 Å². The van der Waals surface area contributed by atoms with E-state index in [0.29, 0.717) is 37.0 Å². The molecule has 1 aliphatic carbocycles. The van der Waals surface area contributed by atoms with Crippen LogP contribution in [0.5, 0.6) is 0 Å². The van der Waals surface area contributed by atoms with E-state index in [2.05, 4.69) is 20.4 Å². The summed E-state index contributed by atoms with van der Waals surface area (Å²) in [5.74, 6) is 0.276. The van der Waals surface area contributed by atoms with E-state index in [0.717, 1.165) is 18.4 Å². The zero-order valence-electron chi connectivity index (χ0n) is 23.0. The minimum Gasteiger partial charge on any atom is -0.444 e. The fraction of sp³-hybridized carbons (Fsp3) is 0.481. The summed E-state index contributed by atoms with van der Waals surface area (Å²) in [5.41, 5.74) is -0.201. The van der Waals surface area contributed by atoms with Crippen LogP contribution in [-0.2, 0) is 22.6 Å². The molecular weight excluding hydrogens is 536 g/mol. The molecule has 0 radical (unpaired) electrons. The monoisotopic (exact) mass is 570 g/mol. The Hall–Kier alpha value is -3.93. The van der Waals surface area contributed by atoms with Crippen molar-refractivity contribution in [2.45, 2.75) is 58.7 Å². The molecule has 1 aliphatic rings. The van der Waals surface area contributed by atoms with Gasteiger partial charge in [-0.15, -0.1) is 5.10 Å². The third-order valence-electron chi connectivity index (χ3n) is 6.11. The number of anilines is 1. The summed E-state index contributed by atoms with van der Waals surface area (Å²) >= 11 is 6.11. The van der Waals surface area contributed by atoms with Gasteiger partial charge in [0, 0.05) is 37.1 Å². The largest absolute Gasteiger partial charge is 0.444 e. The fourth-order valence-electron chi connectivity index (χ4n) is 4.00. The molecule has 2 amide bonds. The van der Waals surface area contributed by atoms with Gasteiger partial charge in [-0.1, -0.05) is 23.7 Å². The summed E-state index contributed by atoms with van der Waals surface area (Å²) in [6, 6.07) is 7.15. The van der Waals surface area contributed by atoms with Gasteiger partial charge in [0.2, 0.25) is 0 Å². The highest BCUT2D eigenvalue weighted by Crippen LogP contribution is 2.30. The first-order chi connectivity index (χ1) is 19.1. The van der Waals surface area contributed by atoms with Gasteiger partial charge in [-0.2, -0.15) is 4.79 Å². The van der Waals surface area contributed by atoms with Crippen LogP contribution in [0.1, 0.15) is 45.6 Å². The smallest absolute Gasteiger partial charge is 0.410 e. The maximum atomic E-state index is 13.3. The van der Waals surface area contributed by atoms with Crippen molar-refractivity contribution in [3.05, 3.63) is 70.3 Å². The number of amides is 2. The Bertz CT molecular complexity index is 1350. The number of nitrogens with zero attached hydrogens (tertiary/aromatic N) is 7. The first-order valence-corrected chi connectivity index (χ1v) is 13.6. The Balaban J connectivity index is 1.37. The van der Waals surface area contributed by atoms with Crippen LogP contribution in [-0.4, -0.2) is 66.6 Å². The normalized spacial score (nSPS) is 13.1. The van der Waals surface area contributed by atoms with Crippen LogP contribution >= 0.6 is 11.6 Å². The molecule has 1 N–H and O–H groups in total. The number of ether oxygens (including phenoxy) is 1. The van der Waals surface area contributed by atoms with Crippen LogP contribution in [0, 0.1) is 5.92 Å². The van der Waals surface area contributed by atoms with Crippen LogP contribution in [0.2, 0.25) is 5.02 Å². The molecule has 0 atom stereocenters. The number of halogens is 1. The van der Waals surface area contributed by atoms with E-state index in [-0.39, 0.29) is 30.9 Å². The summed E-state index contributed by atoms with van der Waals surface area (Å²) in [7, 11) is 0. The molecule has 3 aromatic rings. The Morgan fingerprint density at radius 1 is 1.25 bits per heavy atom. The number of hydrogen-bond acceptors (Lipinski definition) is 8. The second-order valence-corrected chi connectivity index (χ2v) is 11.2. The lowest BCUT2D eigenvalue weighted by Gasteiger charge is -2.27. The van der Waals surface area contributed by atoms with Crippen molar-refractivity contribution in [1.29, 1.82) is 0 Å². The zero-order chi connectivity index (χ0) is 28.7. The number of nitrogens with one attached hydrogen (secondary N) is 1. The maximum absolute atomic E-state index is 13.3. The van der Waals surface area contributed by atoms with Gasteiger partial charge < -0.3 is 19.5 Å². The molecule has 0 aliphatic heterocycles. The van der Waals surface area contributed by atoms with Crippen molar-refractivity contribution in [2.75, 3.05) is 30.0 Å². The molecular formula is C27H35ClN8O4. The number of carbonyl (C=O) groups is 2. The van der Waals surface area contributed by atoms with Crippen LogP contribution in [0.25, 0.3) is 0 Å². The molecule has 40 heavy (non-hydrogen) atoms. The highest BCUT2D eigenvalue weighted by molar-refractivity contribution is 6.30. The molecule has 1 aromatic carbocycles. The fourth-order valence-corrected chi connectivity index (χ4v) is 4.22. The number of hydrogen-bond donors (Lipinski definition) is 1. The summed E-state index contributed by atoms with van der Waals surface area (Å²) in [6.07, 6.45) is 8.18. The summed E-state index contributed by atoms with van der Waals surface area (Å²) < 4.78 is 6.84. The molecule has 0 saturated heterocycles. The van der Waals surface area contributed by atoms with Gasteiger partial charge in [-0.05, 0) is 63.6 Å². The second-order valence-electron chi connectivity index (χ2n) is 10.8. The van der Waals surface area contributed by atoms with Crippen LogP contribution in [0.3, 0.4) is 0 Å². The highest BCUT2D eigenvalue weighted by Gasteiger charge is 2.29. The average Bonchev–Trinajstić information content (AvgIpc) is 3.54. The summed E-state index contributed by atoms with van der Waals surface area (Å²) in [6.45, 7) is 7.08. The summed E-state index contributed by atoms with van der Waals surface area (Å²) in [4.78, 5) is 50.2. The molecule has 2 aromatic heterocycles. The predicted octanol–water partition coefficient (Wildman–Crippen LogP) is 3.30. The standard InChI is InChI=1S/C27H35ClN8O4/c1-27(2,3)40-26(39)34(15-20-8-9-20)12-5-10-30-24-25(38)33(13-11-31-24)17-23(37)35(36-19-29-18-32-36)16-21-6-4-7-22(28)14-21/h4,6-7,11,13-14,18-20H,5,8-10,12,15-17H2,1-3H3,(H,30,31). The van der Waals surface area contributed by atoms with E-state index < -0.39 is 11.2 Å². The molecule has 0 spiro atoms. The van der Waals surface area contributed by atoms with Crippen molar-refractivity contribution in [3.8, 4) is 0 Å². The molecule has 4 rings (SSSR count). The van der Waals surface area contributed by atoms with Gasteiger partial charge in [0.1, 0.15) is 24.8 Å². The Kier molecular flexibility index (Phi) is 9.41. The van der Waals surface area contributed by atoms with E-state index >= 15 is 0 Å². The molecule has 214 valence electrons. The van der Waals surface area contributed by atoms with E-state index in [1.165, 1.54) is 39.4 Å². The Morgan fingerprint density at radius 2 is 2.05 bits per heavy atom. The Morgan fingerprint density at radius 3 is 2.73 bits per heavy atom. The molecule has 0 bridgehead atoms. The molecule has 12 nitrogen and oxygen atoms in total. The second kappa shape index (κ2) is 12.9. The maximum Gasteiger partial charge on any atom is 0.410 e. The van der Waals surface area contributed by atoms with Gasteiger partial charge in [-0.25, -0.2) is 19.8 Å². The molecule has 13 heteroatoms. The highest BCUT2D eigenvalue weighted by atomic mass is 35.5. The molecule has 1 saturated carbocycles. The quantitative estimate of drug-likeness (QED) is 0.329. The van der Waals surface area contributed by atoms with Crippen molar-refractivity contribution >= 4 is 29.4 Å². The van der Waals surface area contributed by atoms with Crippen LogP contribution in [0.15, 0.2) is 54.1 Å². The topological polar surface area (TPSA) is 127 Å². The van der Waals surface area contributed by atoms with Crippen molar-refractivity contribution in [2.24, 2.45) is 5.92 Å². The Labute approximate surface area is 237 Å². The number of aromatic nitrogens is 5. The lowest BCUT2D eigenvalue weighted by molar-refractivity contribution is -0.121. The summed E-state index contributed by atoms with van der Waals surface area (Å²) in [5, 5.41) is 9.06. The molecule has 0 unspecified atom stereocenters. The number of carbonyl (C=O) groups excluding carboxylic acids is 2. The average molecular weight is 571 g/mol. The third-order valence-corrected chi connectivity index (χ3v) is 6.34. The van der Waals surface area contributed by atoms with E-state index in [4.69, 9.17) is 16.3 Å². The van der Waals surface area contributed by atoms with Gasteiger partial charge in [0.05, 0.1) is 6.54 Å². The zero-order valence-corrected chi connectivity index (χ0v) is 23.8. The van der Waals surface area contributed by atoms with Gasteiger partial charge in [0.25, 0.3) is 11.5 Å². The van der Waals surface area contributed by atoms with Crippen molar-refractivity contribution in [1.82, 2.24) is 29.3 Å². The minimum absolute atomic E-state index is 0.128. The van der Waals surface area contributed by atoms with E-state index in [1.54, 1.807) is 23.1 Å². The first kappa shape index (κ1) is 29.1. The first-order valence-electron chi connectivity index (χ1n) is 13.3. The van der Waals surface area contributed by atoms with Crippen molar-refractivity contribution in [3.63, 3.8) is 0 Å². The molecule has 2 heterocycles. The molecule has 1 fully saturated rings. The predicted molar refractivity (Wildman–Crippen MR) is 151 cm³/mol. The number of benzene rings is 1. The third kappa shape index (κ3) is 8.54.